The normalized spacial score (nSPS) is 12.0. The van der Waals surface area contributed by atoms with E-state index >= 15 is 0 Å². The van der Waals surface area contributed by atoms with Crippen LogP contribution in [0.2, 0.25) is 0 Å². The summed E-state index contributed by atoms with van der Waals surface area (Å²) in [6.07, 6.45) is 2.15. The Morgan fingerprint density at radius 3 is 2.55 bits per heavy atom. The van der Waals surface area contributed by atoms with Crippen LogP contribution in [-0.4, -0.2) is 25.2 Å². The minimum absolute atomic E-state index is 0.104. The van der Waals surface area contributed by atoms with Gasteiger partial charge in [0.25, 0.3) is 11.8 Å². The summed E-state index contributed by atoms with van der Waals surface area (Å²) < 4.78 is 10.6. The molecule has 0 spiro atoms. The Kier molecular flexibility index (Phi) is 6.67. The van der Waals surface area contributed by atoms with Gasteiger partial charge in [0, 0.05) is 6.54 Å². The minimum Gasteiger partial charge on any atom is -0.454 e. The van der Waals surface area contributed by atoms with Crippen molar-refractivity contribution < 1.29 is 19.1 Å². The first-order chi connectivity index (χ1) is 16.1. The van der Waals surface area contributed by atoms with Crippen LogP contribution < -0.4 is 20.1 Å². The van der Waals surface area contributed by atoms with Crippen molar-refractivity contribution in [1.82, 2.24) is 5.32 Å². The summed E-state index contributed by atoms with van der Waals surface area (Å²) >= 11 is 0. The lowest BCUT2D eigenvalue weighted by molar-refractivity contribution is -0.112. The molecule has 1 aliphatic rings. The highest BCUT2D eigenvalue weighted by atomic mass is 16.7. The lowest BCUT2D eigenvalue weighted by atomic mass is 10.1. The number of nitrogens with one attached hydrogen (secondary N) is 2. The number of carbonyl (C=O) groups is 2. The zero-order valence-corrected chi connectivity index (χ0v) is 17.7. The van der Waals surface area contributed by atoms with E-state index in [4.69, 9.17) is 9.47 Å². The van der Waals surface area contributed by atoms with Crippen LogP contribution >= 0.6 is 0 Å². The van der Waals surface area contributed by atoms with E-state index in [0.717, 1.165) is 5.56 Å². The number of fused-ring (bicyclic) bond motifs is 1. The highest BCUT2D eigenvalue weighted by Gasteiger charge is 2.17. The van der Waals surface area contributed by atoms with Gasteiger partial charge in [-0.2, -0.15) is 5.26 Å². The van der Waals surface area contributed by atoms with Gasteiger partial charge in [0.05, 0.1) is 11.3 Å². The van der Waals surface area contributed by atoms with Crippen LogP contribution in [0.1, 0.15) is 21.5 Å². The van der Waals surface area contributed by atoms with Gasteiger partial charge in [0.2, 0.25) is 6.79 Å². The molecule has 0 saturated carbocycles. The molecule has 0 aromatic heterocycles. The second-order valence-corrected chi connectivity index (χ2v) is 7.27. The Hall–Kier alpha value is -4.57. The number of anilines is 1. The molecule has 1 heterocycles. The molecule has 0 saturated heterocycles. The Morgan fingerprint density at radius 1 is 0.970 bits per heavy atom. The van der Waals surface area contributed by atoms with Crippen LogP contribution in [0.4, 0.5) is 5.69 Å². The van der Waals surface area contributed by atoms with E-state index in [1.807, 2.05) is 36.4 Å². The lowest BCUT2D eigenvalue weighted by Crippen LogP contribution is -2.27. The van der Waals surface area contributed by atoms with E-state index in [0.29, 0.717) is 41.3 Å². The highest BCUT2D eigenvalue weighted by Crippen LogP contribution is 2.33. The van der Waals surface area contributed by atoms with E-state index < -0.39 is 5.91 Å². The van der Waals surface area contributed by atoms with Crippen molar-refractivity contribution in [3.63, 3.8) is 0 Å². The van der Waals surface area contributed by atoms with E-state index in [1.165, 1.54) is 6.08 Å². The van der Waals surface area contributed by atoms with Crippen LogP contribution in [0.3, 0.4) is 0 Å². The van der Waals surface area contributed by atoms with Crippen LogP contribution in [0.25, 0.3) is 6.08 Å². The molecule has 2 amide bonds. The summed E-state index contributed by atoms with van der Waals surface area (Å²) in [6.45, 7) is 0.594. The average molecular weight is 439 g/mol. The van der Waals surface area contributed by atoms with Crippen LogP contribution in [0, 0.1) is 11.3 Å². The summed E-state index contributed by atoms with van der Waals surface area (Å²) in [4.78, 5) is 25.5. The summed E-state index contributed by atoms with van der Waals surface area (Å²) in [5.41, 5.74) is 2.28. The van der Waals surface area contributed by atoms with Gasteiger partial charge in [-0.25, -0.2) is 0 Å². The molecule has 0 unspecified atom stereocenters. The van der Waals surface area contributed by atoms with E-state index in [9.17, 15) is 14.9 Å². The van der Waals surface area contributed by atoms with Crippen molar-refractivity contribution in [1.29, 1.82) is 5.26 Å². The maximum atomic E-state index is 12.8. The molecule has 0 radical (unpaired) electrons. The van der Waals surface area contributed by atoms with Gasteiger partial charge in [0.1, 0.15) is 11.6 Å². The number of rotatable bonds is 7. The van der Waals surface area contributed by atoms with Crippen LogP contribution in [-0.2, 0) is 11.2 Å². The Balaban J connectivity index is 1.44. The number of ether oxygens (including phenoxy) is 2. The number of para-hydroxylation sites is 1. The van der Waals surface area contributed by atoms with Gasteiger partial charge in [-0.3, -0.25) is 9.59 Å². The third kappa shape index (κ3) is 5.38. The molecule has 0 fully saturated rings. The molecule has 164 valence electrons. The van der Waals surface area contributed by atoms with Crippen molar-refractivity contribution in [2.24, 2.45) is 0 Å². The number of hydrogen-bond acceptors (Lipinski definition) is 5. The molecule has 0 bridgehead atoms. The van der Waals surface area contributed by atoms with Gasteiger partial charge >= 0.3 is 0 Å². The molecule has 4 rings (SSSR count). The Bertz CT molecular complexity index is 1250. The molecule has 0 aliphatic carbocycles. The highest BCUT2D eigenvalue weighted by molar-refractivity contribution is 6.12. The first kappa shape index (κ1) is 21.7. The van der Waals surface area contributed by atoms with Gasteiger partial charge in [0.15, 0.2) is 11.5 Å². The summed E-state index contributed by atoms with van der Waals surface area (Å²) in [7, 11) is 0. The molecule has 0 atom stereocenters. The SMILES string of the molecule is N#CC(=Cc1ccc2c(c1)OCO2)C(=O)Nc1ccccc1C(=O)NCCc1ccccc1. The molecular formula is C26H21N3O4. The molecule has 1 aliphatic heterocycles. The molecule has 7 nitrogen and oxygen atoms in total. The lowest BCUT2D eigenvalue weighted by Gasteiger charge is -2.11. The zero-order chi connectivity index (χ0) is 23.0. The van der Waals surface area contributed by atoms with Gasteiger partial charge < -0.3 is 20.1 Å². The average Bonchev–Trinajstić information content (AvgIpc) is 3.31. The number of nitrogens with zero attached hydrogens (tertiary/aromatic N) is 1. The number of benzene rings is 3. The summed E-state index contributed by atoms with van der Waals surface area (Å²) in [5.74, 6) is 0.251. The predicted molar refractivity (Wildman–Crippen MR) is 124 cm³/mol. The van der Waals surface area contributed by atoms with Gasteiger partial charge in [-0.1, -0.05) is 48.5 Å². The minimum atomic E-state index is -0.611. The third-order valence-electron chi connectivity index (χ3n) is 5.03. The number of carbonyl (C=O) groups excluding carboxylic acids is 2. The third-order valence-corrected chi connectivity index (χ3v) is 5.03. The first-order valence-corrected chi connectivity index (χ1v) is 10.4. The smallest absolute Gasteiger partial charge is 0.266 e. The largest absolute Gasteiger partial charge is 0.454 e. The monoisotopic (exact) mass is 439 g/mol. The van der Waals surface area contributed by atoms with Crippen molar-refractivity contribution in [2.75, 3.05) is 18.7 Å². The van der Waals surface area contributed by atoms with E-state index in [2.05, 4.69) is 10.6 Å². The molecular weight excluding hydrogens is 418 g/mol. The fraction of sp³-hybridized carbons (Fsp3) is 0.115. The fourth-order valence-corrected chi connectivity index (χ4v) is 3.36. The number of amides is 2. The zero-order valence-electron chi connectivity index (χ0n) is 17.7. The predicted octanol–water partition coefficient (Wildman–Crippen LogP) is 3.93. The fourth-order valence-electron chi connectivity index (χ4n) is 3.36. The maximum Gasteiger partial charge on any atom is 0.266 e. The van der Waals surface area contributed by atoms with Gasteiger partial charge in [-0.05, 0) is 47.9 Å². The first-order valence-electron chi connectivity index (χ1n) is 10.4. The molecule has 33 heavy (non-hydrogen) atoms. The summed E-state index contributed by atoms with van der Waals surface area (Å²) in [6, 6.07) is 23.6. The maximum absolute atomic E-state index is 12.8. The van der Waals surface area contributed by atoms with Crippen LogP contribution in [0.5, 0.6) is 11.5 Å². The van der Waals surface area contributed by atoms with Gasteiger partial charge in [-0.15, -0.1) is 0 Å². The second-order valence-electron chi connectivity index (χ2n) is 7.27. The quantitative estimate of drug-likeness (QED) is 0.429. The molecule has 3 aromatic rings. The van der Waals surface area contributed by atoms with Crippen molar-refractivity contribution in [3.05, 3.63) is 95.1 Å². The van der Waals surface area contributed by atoms with Crippen LogP contribution in [0.15, 0.2) is 78.4 Å². The molecule has 2 N–H and O–H groups in total. The Labute approximate surface area is 191 Å². The molecule has 7 heteroatoms. The van der Waals surface area contributed by atoms with Crippen molar-refractivity contribution in [3.8, 4) is 17.6 Å². The topological polar surface area (TPSA) is 100 Å². The molecule has 3 aromatic carbocycles. The number of nitriles is 1. The van der Waals surface area contributed by atoms with Crippen molar-refractivity contribution >= 4 is 23.6 Å². The van der Waals surface area contributed by atoms with E-state index in [-0.39, 0.29) is 18.3 Å². The summed E-state index contributed by atoms with van der Waals surface area (Å²) in [5, 5.41) is 15.1. The van der Waals surface area contributed by atoms with E-state index in [1.54, 1.807) is 42.5 Å². The standard InChI is InChI=1S/C26H21N3O4/c27-16-20(14-19-10-11-23-24(15-19)33-17-32-23)25(30)29-22-9-5-4-8-21(22)26(31)28-13-12-18-6-2-1-3-7-18/h1-11,14-15H,12-13,17H2,(H,28,31)(H,29,30). The number of hydrogen-bond donors (Lipinski definition) is 2. The second kappa shape index (κ2) is 10.2. The Morgan fingerprint density at radius 2 is 1.73 bits per heavy atom. The van der Waals surface area contributed by atoms with Crippen molar-refractivity contribution in [2.45, 2.75) is 6.42 Å².